The summed E-state index contributed by atoms with van der Waals surface area (Å²) >= 11 is 1.42. The molecule has 0 aliphatic rings. The number of hydrazone groups is 1. The molecule has 0 saturated heterocycles. The first kappa shape index (κ1) is 22.6. The maximum atomic E-state index is 12.4. The summed E-state index contributed by atoms with van der Waals surface area (Å²) < 4.78 is 2.16. The number of amides is 1. The standard InChI is InChI=1S/C26H27N5OS/c1-19-8-10-21(11-9-19)17-31-24-7-5-4-6-23(24)28-26(31)33-18-25(32)29-27-16-20-12-14-22(15-13-20)30(2)3/h4-16H,17-18H2,1-3H3,(H,29,32)/b27-16-. The van der Waals surface area contributed by atoms with Gasteiger partial charge < -0.3 is 9.47 Å². The molecule has 1 N–H and O–H groups in total. The first-order valence-corrected chi connectivity index (χ1v) is 11.7. The van der Waals surface area contributed by atoms with Crippen molar-refractivity contribution in [3.63, 3.8) is 0 Å². The van der Waals surface area contributed by atoms with Gasteiger partial charge in [-0.3, -0.25) is 4.79 Å². The van der Waals surface area contributed by atoms with Crippen LogP contribution in [0.4, 0.5) is 5.69 Å². The van der Waals surface area contributed by atoms with Crippen LogP contribution in [0.3, 0.4) is 0 Å². The Hall–Kier alpha value is -3.58. The fourth-order valence-electron chi connectivity index (χ4n) is 3.39. The lowest BCUT2D eigenvalue weighted by Gasteiger charge is -2.11. The summed E-state index contributed by atoms with van der Waals surface area (Å²) in [5.74, 6) is 0.0591. The Morgan fingerprint density at radius 2 is 1.79 bits per heavy atom. The van der Waals surface area contributed by atoms with Gasteiger partial charge in [-0.05, 0) is 42.3 Å². The molecule has 1 amide bonds. The number of hydrogen-bond donors (Lipinski definition) is 1. The number of hydrogen-bond acceptors (Lipinski definition) is 5. The number of nitrogens with zero attached hydrogens (tertiary/aromatic N) is 4. The number of carbonyl (C=O) groups is 1. The number of nitrogens with one attached hydrogen (secondary N) is 1. The molecule has 4 aromatic rings. The van der Waals surface area contributed by atoms with Crippen LogP contribution in [0.15, 0.2) is 83.1 Å². The number of imidazole rings is 1. The molecule has 0 fully saturated rings. The van der Waals surface area contributed by atoms with E-state index in [1.54, 1.807) is 6.21 Å². The van der Waals surface area contributed by atoms with Crippen LogP contribution in [0.5, 0.6) is 0 Å². The highest BCUT2D eigenvalue weighted by Crippen LogP contribution is 2.25. The minimum atomic E-state index is -0.171. The maximum absolute atomic E-state index is 12.4. The summed E-state index contributed by atoms with van der Waals surface area (Å²) in [4.78, 5) is 19.2. The Balaban J connectivity index is 1.41. The number of aromatic nitrogens is 2. The minimum absolute atomic E-state index is 0.171. The number of anilines is 1. The number of rotatable bonds is 8. The van der Waals surface area contributed by atoms with E-state index < -0.39 is 0 Å². The largest absolute Gasteiger partial charge is 0.378 e. The van der Waals surface area contributed by atoms with E-state index in [0.29, 0.717) is 6.54 Å². The van der Waals surface area contributed by atoms with Crippen molar-refractivity contribution < 1.29 is 4.79 Å². The summed E-state index contributed by atoms with van der Waals surface area (Å²) in [6.45, 7) is 2.78. The van der Waals surface area contributed by atoms with Crippen molar-refractivity contribution in [3.05, 3.63) is 89.5 Å². The predicted octanol–water partition coefficient (Wildman–Crippen LogP) is 4.70. The molecule has 4 rings (SSSR count). The number of thioether (sulfide) groups is 1. The number of carbonyl (C=O) groups excluding carboxylic acids is 1. The van der Waals surface area contributed by atoms with Crippen molar-refractivity contribution in [2.45, 2.75) is 18.6 Å². The average molecular weight is 458 g/mol. The summed E-state index contributed by atoms with van der Waals surface area (Å²) in [7, 11) is 3.99. The van der Waals surface area contributed by atoms with E-state index in [0.717, 1.165) is 27.4 Å². The monoisotopic (exact) mass is 457 g/mol. The fourth-order valence-corrected chi connectivity index (χ4v) is 4.20. The first-order chi connectivity index (χ1) is 16.0. The van der Waals surface area contributed by atoms with Gasteiger partial charge in [0.2, 0.25) is 0 Å². The normalized spacial score (nSPS) is 11.2. The number of benzene rings is 3. The summed E-state index contributed by atoms with van der Waals surface area (Å²) in [6, 6.07) is 24.5. The SMILES string of the molecule is Cc1ccc(Cn2c(SCC(=O)N/N=C\c3ccc(N(C)C)cc3)nc3ccccc32)cc1. The Kier molecular flexibility index (Phi) is 7.10. The molecule has 0 unspecified atom stereocenters. The van der Waals surface area contributed by atoms with Crippen molar-refractivity contribution in [2.75, 3.05) is 24.7 Å². The highest BCUT2D eigenvalue weighted by atomic mass is 32.2. The van der Waals surface area contributed by atoms with Crippen LogP contribution in [0.2, 0.25) is 0 Å². The van der Waals surface area contributed by atoms with E-state index in [1.807, 2.05) is 61.5 Å². The molecular formula is C26H27N5OS. The van der Waals surface area contributed by atoms with Crippen molar-refractivity contribution in [3.8, 4) is 0 Å². The zero-order valence-corrected chi connectivity index (χ0v) is 19.8. The molecule has 33 heavy (non-hydrogen) atoms. The van der Waals surface area contributed by atoms with E-state index in [4.69, 9.17) is 4.98 Å². The van der Waals surface area contributed by atoms with Gasteiger partial charge in [-0.1, -0.05) is 65.9 Å². The molecule has 1 aromatic heterocycles. The van der Waals surface area contributed by atoms with E-state index in [2.05, 4.69) is 52.3 Å². The molecule has 0 radical (unpaired) electrons. The molecule has 0 atom stereocenters. The molecular weight excluding hydrogens is 430 g/mol. The Morgan fingerprint density at radius 1 is 1.06 bits per heavy atom. The maximum Gasteiger partial charge on any atom is 0.250 e. The highest BCUT2D eigenvalue weighted by molar-refractivity contribution is 7.99. The van der Waals surface area contributed by atoms with Gasteiger partial charge in [0.15, 0.2) is 5.16 Å². The van der Waals surface area contributed by atoms with Gasteiger partial charge in [0, 0.05) is 19.8 Å². The van der Waals surface area contributed by atoms with Crippen molar-refractivity contribution >= 4 is 40.6 Å². The van der Waals surface area contributed by atoms with Crippen LogP contribution in [0, 0.1) is 6.92 Å². The molecule has 0 spiro atoms. The topological polar surface area (TPSA) is 62.5 Å². The first-order valence-electron chi connectivity index (χ1n) is 10.7. The van der Waals surface area contributed by atoms with Gasteiger partial charge >= 0.3 is 0 Å². The van der Waals surface area contributed by atoms with Crippen molar-refractivity contribution in [2.24, 2.45) is 5.10 Å². The van der Waals surface area contributed by atoms with Gasteiger partial charge in [-0.2, -0.15) is 5.10 Å². The second-order valence-electron chi connectivity index (χ2n) is 8.02. The Bertz CT molecular complexity index is 1260. The number of fused-ring (bicyclic) bond motifs is 1. The van der Waals surface area contributed by atoms with Crippen LogP contribution < -0.4 is 10.3 Å². The van der Waals surface area contributed by atoms with E-state index in [9.17, 15) is 4.79 Å². The molecule has 1 heterocycles. The molecule has 0 bridgehead atoms. The molecule has 0 aliphatic heterocycles. The summed E-state index contributed by atoms with van der Waals surface area (Å²) in [6.07, 6.45) is 1.65. The lowest BCUT2D eigenvalue weighted by molar-refractivity contribution is -0.118. The summed E-state index contributed by atoms with van der Waals surface area (Å²) in [5.41, 5.74) is 9.05. The number of para-hydroxylation sites is 2. The second kappa shape index (κ2) is 10.4. The van der Waals surface area contributed by atoms with Crippen LogP contribution in [0.1, 0.15) is 16.7 Å². The second-order valence-corrected chi connectivity index (χ2v) is 8.97. The molecule has 0 saturated carbocycles. The third-order valence-corrected chi connectivity index (χ3v) is 6.20. The summed E-state index contributed by atoms with van der Waals surface area (Å²) in [5, 5.41) is 4.91. The molecule has 6 nitrogen and oxygen atoms in total. The lowest BCUT2D eigenvalue weighted by atomic mass is 10.1. The van der Waals surface area contributed by atoms with Gasteiger partial charge in [0.1, 0.15) is 0 Å². The smallest absolute Gasteiger partial charge is 0.250 e. The van der Waals surface area contributed by atoms with Crippen LogP contribution >= 0.6 is 11.8 Å². The van der Waals surface area contributed by atoms with Gasteiger partial charge in [-0.25, -0.2) is 10.4 Å². The zero-order valence-electron chi connectivity index (χ0n) is 19.0. The fraction of sp³-hybridized carbons (Fsp3) is 0.192. The van der Waals surface area contributed by atoms with Gasteiger partial charge in [0.25, 0.3) is 5.91 Å². The highest BCUT2D eigenvalue weighted by Gasteiger charge is 2.13. The van der Waals surface area contributed by atoms with E-state index in [-0.39, 0.29) is 11.7 Å². The predicted molar refractivity (Wildman–Crippen MR) is 137 cm³/mol. The van der Waals surface area contributed by atoms with E-state index in [1.165, 1.54) is 22.9 Å². The van der Waals surface area contributed by atoms with Crippen LogP contribution in [-0.4, -0.2) is 41.5 Å². The van der Waals surface area contributed by atoms with Crippen LogP contribution in [-0.2, 0) is 11.3 Å². The molecule has 3 aromatic carbocycles. The lowest BCUT2D eigenvalue weighted by Crippen LogP contribution is -2.20. The Morgan fingerprint density at radius 3 is 2.52 bits per heavy atom. The average Bonchev–Trinajstić information content (AvgIpc) is 3.17. The van der Waals surface area contributed by atoms with E-state index >= 15 is 0 Å². The van der Waals surface area contributed by atoms with Gasteiger partial charge in [0.05, 0.1) is 29.5 Å². The zero-order chi connectivity index (χ0) is 23.2. The molecule has 0 aliphatic carbocycles. The molecule has 168 valence electrons. The molecule has 7 heteroatoms. The third-order valence-electron chi connectivity index (χ3n) is 5.23. The van der Waals surface area contributed by atoms with Crippen molar-refractivity contribution in [1.29, 1.82) is 0 Å². The third kappa shape index (κ3) is 5.81. The van der Waals surface area contributed by atoms with Crippen molar-refractivity contribution in [1.82, 2.24) is 15.0 Å². The van der Waals surface area contributed by atoms with Crippen LogP contribution in [0.25, 0.3) is 11.0 Å². The number of aryl methyl sites for hydroxylation is 1. The Labute approximate surface area is 198 Å². The van der Waals surface area contributed by atoms with Gasteiger partial charge in [-0.15, -0.1) is 0 Å². The minimum Gasteiger partial charge on any atom is -0.378 e. The quantitative estimate of drug-likeness (QED) is 0.237.